The first-order valence-electron chi connectivity index (χ1n) is 8.68. The van der Waals surface area contributed by atoms with Crippen LogP contribution in [-0.4, -0.2) is 15.4 Å². The molecule has 0 saturated heterocycles. The lowest BCUT2D eigenvalue weighted by Crippen LogP contribution is -2.14. The Morgan fingerprint density at radius 3 is 2.57 bits per heavy atom. The van der Waals surface area contributed by atoms with Gasteiger partial charge in [0.1, 0.15) is 17.3 Å². The maximum atomic E-state index is 12.6. The molecule has 0 aliphatic carbocycles. The second kappa shape index (κ2) is 7.76. The number of hydrogen-bond acceptors (Lipinski definition) is 4. The largest absolute Gasteiger partial charge is 0.344 e. The molecular weight excluding hydrogens is 356 g/mol. The van der Waals surface area contributed by atoms with Crippen molar-refractivity contribution in [3.8, 4) is 6.07 Å². The summed E-state index contributed by atoms with van der Waals surface area (Å²) in [7, 11) is 0. The zero-order chi connectivity index (χ0) is 20.3. The van der Waals surface area contributed by atoms with Gasteiger partial charge in [0.2, 0.25) is 0 Å². The van der Waals surface area contributed by atoms with E-state index in [1.807, 2.05) is 50.4 Å². The normalized spacial score (nSPS) is 11.4. The van der Waals surface area contributed by atoms with Gasteiger partial charge in [-0.1, -0.05) is 30.3 Å². The fourth-order valence-electron chi connectivity index (χ4n) is 3.01. The molecule has 7 nitrogen and oxygen atoms in total. The Balaban J connectivity index is 2.00. The summed E-state index contributed by atoms with van der Waals surface area (Å²) in [4.78, 5) is 23.1. The average molecular weight is 374 g/mol. The van der Waals surface area contributed by atoms with Gasteiger partial charge in [-0.05, 0) is 32.1 Å². The topological polar surface area (TPSA) is 101 Å². The Morgan fingerprint density at radius 1 is 1.21 bits per heavy atom. The third kappa shape index (κ3) is 3.62. The minimum atomic E-state index is -0.696. The van der Waals surface area contributed by atoms with Gasteiger partial charge in [-0.2, -0.15) is 5.26 Å². The Bertz CT molecular complexity index is 1140. The molecule has 0 spiro atoms. The van der Waals surface area contributed by atoms with Crippen LogP contribution in [-0.2, 0) is 4.79 Å². The predicted octanol–water partition coefficient (Wildman–Crippen LogP) is 4.68. The molecule has 2 aromatic carbocycles. The van der Waals surface area contributed by atoms with Crippen molar-refractivity contribution in [1.82, 2.24) is 4.57 Å². The standard InChI is InChI=1S/C21H18N4O3/c1-14(2)24-13-16(17-7-3-5-9-19(17)24)11-15(12-22)21(26)23-18-8-4-6-10-20(18)25(27)28/h3-11,13-14H,1-2H3,(H,23,26)/b15-11+. The van der Waals surface area contributed by atoms with Gasteiger partial charge >= 0.3 is 0 Å². The van der Waals surface area contributed by atoms with E-state index < -0.39 is 10.8 Å². The zero-order valence-corrected chi connectivity index (χ0v) is 15.4. The van der Waals surface area contributed by atoms with Crippen molar-refractivity contribution < 1.29 is 9.72 Å². The number of nitriles is 1. The quantitative estimate of drug-likeness (QED) is 0.303. The first-order valence-corrected chi connectivity index (χ1v) is 8.68. The number of hydrogen-bond donors (Lipinski definition) is 1. The lowest BCUT2D eigenvalue weighted by atomic mass is 10.1. The summed E-state index contributed by atoms with van der Waals surface area (Å²) < 4.78 is 2.07. The Hall–Kier alpha value is -3.92. The Kier molecular flexibility index (Phi) is 5.23. The molecule has 28 heavy (non-hydrogen) atoms. The van der Waals surface area contributed by atoms with Crippen molar-refractivity contribution in [3.05, 3.63) is 76.0 Å². The highest BCUT2D eigenvalue weighted by atomic mass is 16.6. The van der Waals surface area contributed by atoms with E-state index >= 15 is 0 Å². The minimum Gasteiger partial charge on any atom is -0.344 e. The molecule has 0 aliphatic heterocycles. The molecule has 0 saturated carbocycles. The lowest BCUT2D eigenvalue weighted by Gasteiger charge is -2.08. The Morgan fingerprint density at radius 2 is 1.89 bits per heavy atom. The maximum Gasteiger partial charge on any atom is 0.292 e. The molecule has 0 radical (unpaired) electrons. The van der Waals surface area contributed by atoms with Crippen LogP contribution >= 0.6 is 0 Å². The summed E-state index contributed by atoms with van der Waals surface area (Å²) in [5.41, 5.74) is 1.41. The van der Waals surface area contributed by atoms with Crippen LogP contribution in [0.3, 0.4) is 0 Å². The molecular formula is C21H18N4O3. The number of benzene rings is 2. The first-order chi connectivity index (χ1) is 13.4. The summed E-state index contributed by atoms with van der Waals surface area (Å²) in [5.74, 6) is -0.696. The number of nitro benzene ring substituents is 1. The number of nitrogens with zero attached hydrogens (tertiary/aromatic N) is 3. The van der Waals surface area contributed by atoms with Crippen LogP contribution in [0.15, 0.2) is 60.3 Å². The van der Waals surface area contributed by atoms with Gasteiger partial charge in [-0.3, -0.25) is 14.9 Å². The average Bonchev–Trinajstić information content (AvgIpc) is 3.05. The van der Waals surface area contributed by atoms with E-state index in [1.165, 1.54) is 24.3 Å². The van der Waals surface area contributed by atoms with Crippen molar-refractivity contribution in [1.29, 1.82) is 5.26 Å². The summed E-state index contributed by atoms with van der Waals surface area (Å²) >= 11 is 0. The van der Waals surface area contributed by atoms with E-state index in [0.29, 0.717) is 0 Å². The summed E-state index contributed by atoms with van der Waals surface area (Å²) in [6.07, 6.45) is 3.40. The molecule has 0 unspecified atom stereocenters. The van der Waals surface area contributed by atoms with Crippen LogP contribution in [0.2, 0.25) is 0 Å². The van der Waals surface area contributed by atoms with Crippen LogP contribution in [0, 0.1) is 21.4 Å². The molecule has 3 rings (SSSR count). The number of nitro groups is 1. The van der Waals surface area contributed by atoms with E-state index in [0.717, 1.165) is 16.5 Å². The summed E-state index contributed by atoms with van der Waals surface area (Å²) in [6.45, 7) is 4.10. The minimum absolute atomic E-state index is 0.0447. The first kappa shape index (κ1) is 18.9. The lowest BCUT2D eigenvalue weighted by molar-refractivity contribution is -0.383. The van der Waals surface area contributed by atoms with Gasteiger partial charge in [0.15, 0.2) is 0 Å². The number of anilines is 1. The molecule has 1 aromatic heterocycles. The molecule has 1 N–H and O–H groups in total. The van der Waals surface area contributed by atoms with E-state index in [-0.39, 0.29) is 23.0 Å². The van der Waals surface area contributed by atoms with Crippen molar-refractivity contribution in [2.45, 2.75) is 19.9 Å². The van der Waals surface area contributed by atoms with Gasteiger partial charge < -0.3 is 9.88 Å². The van der Waals surface area contributed by atoms with Crippen LogP contribution in [0.1, 0.15) is 25.5 Å². The number of carbonyl (C=O) groups excluding carboxylic acids is 1. The van der Waals surface area contributed by atoms with Crippen molar-refractivity contribution in [3.63, 3.8) is 0 Å². The van der Waals surface area contributed by atoms with Crippen molar-refractivity contribution in [2.24, 2.45) is 0 Å². The molecule has 1 heterocycles. The SMILES string of the molecule is CC(C)n1cc(/C=C(\C#N)C(=O)Nc2ccccc2[N+](=O)[O-])c2ccccc21. The molecule has 0 fully saturated rings. The highest BCUT2D eigenvalue weighted by Gasteiger charge is 2.18. The fourth-order valence-corrected chi connectivity index (χ4v) is 3.01. The molecule has 7 heteroatoms. The highest BCUT2D eigenvalue weighted by Crippen LogP contribution is 2.27. The number of para-hydroxylation sites is 3. The third-order valence-corrected chi connectivity index (χ3v) is 4.34. The molecule has 0 atom stereocenters. The molecule has 0 bridgehead atoms. The second-order valence-electron chi connectivity index (χ2n) is 6.50. The van der Waals surface area contributed by atoms with Crippen LogP contribution in [0.4, 0.5) is 11.4 Å². The van der Waals surface area contributed by atoms with Crippen molar-refractivity contribution in [2.75, 3.05) is 5.32 Å². The van der Waals surface area contributed by atoms with E-state index in [2.05, 4.69) is 9.88 Å². The number of amides is 1. The smallest absolute Gasteiger partial charge is 0.292 e. The van der Waals surface area contributed by atoms with E-state index in [1.54, 1.807) is 6.07 Å². The number of rotatable bonds is 5. The number of carbonyl (C=O) groups is 1. The fraction of sp³-hybridized carbons (Fsp3) is 0.143. The van der Waals surface area contributed by atoms with E-state index in [9.17, 15) is 20.2 Å². The maximum absolute atomic E-state index is 12.6. The summed E-state index contributed by atoms with van der Waals surface area (Å²) in [5, 5.41) is 24.0. The van der Waals surface area contributed by atoms with Crippen molar-refractivity contribution >= 4 is 34.3 Å². The Labute approximate surface area is 161 Å². The zero-order valence-electron chi connectivity index (χ0n) is 15.4. The third-order valence-electron chi connectivity index (χ3n) is 4.34. The predicted molar refractivity (Wildman–Crippen MR) is 108 cm³/mol. The monoisotopic (exact) mass is 374 g/mol. The second-order valence-corrected chi connectivity index (χ2v) is 6.50. The van der Waals surface area contributed by atoms with Gasteiger partial charge in [-0.15, -0.1) is 0 Å². The molecule has 1 amide bonds. The van der Waals surface area contributed by atoms with Gasteiger partial charge in [0, 0.05) is 34.8 Å². The number of aromatic nitrogens is 1. The van der Waals surface area contributed by atoms with Crippen LogP contribution < -0.4 is 5.32 Å². The van der Waals surface area contributed by atoms with Crippen LogP contribution in [0.25, 0.3) is 17.0 Å². The molecule has 3 aromatic rings. The highest BCUT2D eigenvalue weighted by molar-refractivity contribution is 6.11. The van der Waals surface area contributed by atoms with Gasteiger partial charge in [-0.25, -0.2) is 0 Å². The van der Waals surface area contributed by atoms with Gasteiger partial charge in [0.05, 0.1) is 4.92 Å². The molecule has 0 aliphatic rings. The van der Waals surface area contributed by atoms with E-state index in [4.69, 9.17) is 0 Å². The van der Waals surface area contributed by atoms with Gasteiger partial charge in [0.25, 0.3) is 11.6 Å². The number of fused-ring (bicyclic) bond motifs is 1. The van der Waals surface area contributed by atoms with Crippen LogP contribution in [0.5, 0.6) is 0 Å². The molecule has 140 valence electrons. The number of nitrogens with one attached hydrogen (secondary N) is 1. The summed E-state index contributed by atoms with van der Waals surface area (Å²) in [6, 6.07) is 15.6.